The van der Waals surface area contributed by atoms with Crippen LogP contribution in [0.5, 0.6) is 0 Å². The van der Waals surface area contributed by atoms with Crippen LogP contribution in [-0.2, 0) is 19.0 Å². The van der Waals surface area contributed by atoms with Crippen molar-refractivity contribution in [3.05, 3.63) is 29.8 Å². The van der Waals surface area contributed by atoms with Gasteiger partial charge in [-0.3, -0.25) is 4.18 Å². The Labute approximate surface area is 156 Å². The first kappa shape index (κ1) is 20.7. The number of nitrogens with zero attached hydrogens (tertiary/aromatic N) is 1. The van der Waals surface area contributed by atoms with Gasteiger partial charge in [0.15, 0.2) is 0 Å². The zero-order valence-electron chi connectivity index (χ0n) is 16.2. The van der Waals surface area contributed by atoms with Gasteiger partial charge in [-0.25, -0.2) is 4.79 Å². The highest BCUT2D eigenvalue weighted by Crippen LogP contribution is 2.26. The number of likely N-dealkylation sites (tertiary alicyclic amines) is 1. The second-order valence-corrected chi connectivity index (χ2v) is 9.62. The molecule has 0 radical (unpaired) electrons. The minimum atomic E-state index is -3.80. The average Bonchev–Trinajstić information content (AvgIpc) is 2.53. The van der Waals surface area contributed by atoms with Gasteiger partial charge in [-0.15, -0.1) is 0 Å². The summed E-state index contributed by atoms with van der Waals surface area (Å²) < 4.78 is 35.4. The molecule has 26 heavy (non-hydrogen) atoms. The van der Waals surface area contributed by atoms with E-state index >= 15 is 0 Å². The summed E-state index contributed by atoms with van der Waals surface area (Å²) in [6.45, 7) is 10.5. The lowest BCUT2D eigenvalue weighted by atomic mass is 9.88. The lowest BCUT2D eigenvalue weighted by Gasteiger charge is -2.37. The quantitative estimate of drug-likeness (QED) is 0.743. The van der Waals surface area contributed by atoms with Gasteiger partial charge < -0.3 is 9.64 Å². The Hall–Kier alpha value is -1.60. The van der Waals surface area contributed by atoms with E-state index in [1.165, 1.54) is 0 Å². The molecule has 1 aliphatic rings. The van der Waals surface area contributed by atoms with Crippen molar-refractivity contribution >= 4 is 16.2 Å². The molecule has 0 saturated carbocycles. The number of hydrogen-bond donors (Lipinski definition) is 0. The Morgan fingerprint density at radius 2 is 1.85 bits per heavy atom. The van der Waals surface area contributed by atoms with Crippen LogP contribution < -0.4 is 0 Å². The van der Waals surface area contributed by atoms with Crippen LogP contribution in [-0.4, -0.2) is 44.7 Å². The second-order valence-electron chi connectivity index (χ2n) is 8.00. The van der Waals surface area contributed by atoms with E-state index in [0.29, 0.717) is 13.1 Å². The van der Waals surface area contributed by atoms with Crippen LogP contribution in [0.15, 0.2) is 29.2 Å². The second kappa shape index (κ2) is 7.96. The molecule has 1 saturated heterocycles. The maximum Gasteiger partial charge on any atom is 0.410 e. The van der Waals surface area contributed by atoms with E-state index in [9.17, 15) is 13.2 Å². The van der Waals surface area contributed by atoms with Crippen LogP contribution in [0, 0.1) is 18.8 Å². The monoisotopic (exact) mass is 383 g/mol. The summed E-state index contributed by atoms with van der Waals surface area (Å²) in [7, 11) is -3.80. The van der Waals surface area contributed by atoms with Gasteiger partial charge in [0.1, 0.15) is 5.60 Å². The molecule has 1 heterocycles. The number of ether oxygens (including phenoxy) is 1. The molecule has 6 nitrogen and oxygen atoms in total. The molecule has 2 unspecified atom stereocenters. The van der Waals surface area contributed by atoms with Crippen molar-refractivity contribution < 1.29 is 22.1 Å². The molecule has 0 spiro atoms. The fourth-order valence-electron chi connectivity index (χ4n) is 2.81. The summed E-state index contributed by atoms with van der Waals surface area (Å²) in [5.74, 6) is 0.207. The SMILES string of the molecule is Cc1ccc(S(=O)(=O)OCC2CN(C(=O)OC(C)(C)C)CCC2C)cc1. The summed E-state index contributed by atoms with van der Waals surface area (Å²) in [6.07, 6.45) is 0.425. The van der Waals surface area contributed by atoms with Gasteiger partial charge in [-0.1, -0.05) is 24.6 Å². The van der Waals surface area contributed by atoms with Crippen LogP contribution in [0.4, 0.5) is 4.79 Å². The minimum Gasteiger partial charge on any atom is -0.444 e. The topological polar surface area (TPSA) is 72.9 Å². The van der Waals surface area contributed by atoms with E-state index in [1.807, 2.05) is 27.7 Å². The molecule has 0 aliphatic carbocycles. The molecule has 0 N–H and O–H groups in total. The number of carbonyl (C=O) groups is 1. The van der Waals surface area contributed by atoms with Crippen molar-refractivity contribution in [1.82, 2.24) is 4.90 Å². The fourth-order valence-corrected chi connectivity index (χ4v) is 3.77. The first-order valence-electron chi connectivity index (χ1n) is 8.92. The van der Waals surface area contributed by atoms with E-state index in [4.69, 9.17) is 8.92 Å². The maximum atomic E-state index is 12.4. The molecule has 0 bridgehead atoms. The molecule has 1 amide bonds. The highest BCUT2D eigenvalue weighted by molar-refractivity contribution is 7.86. The van der Waals surface area contributed by atoms with E-state index in [-0.39, 0.29) is 29.4 Å². The highest BCUT2D eigenvalue weighted by atomic mass is 32.2. The summed E-state index contributed by atoms with van der Waals surface area (Å²) in [6, 6.07) is 6.57. The first-order valence-corrected chi connectivity index (χ1v) is 10.3. The lowest BCUT2D eigenvalue weighted by molar-refractivity contribution is 0.00744. The number of aryl methyl sites for hydroxylation is 1. The third kappa shape index (κ3) is 5.71. The Balaban J connectivity index is 1.99. The molecule has 1 fully saturated rings. The fraction of sp³-hybridized carbons (Fsp3) is 0.632. The molecule has 2 rings (SSSR count). The van der Waals surface area contributed by atoms with Crippen molar-refractivity contribution in [3.63, 3.8) is 0 Å². The Morgan fingerprint density at radius 3 is 2.42 bits per heavy atom. The first-order chi connectivity index (χ1) is 12.0. The van der Waals surface area contributed by atoms with Gasteiger partial charge in [0.2, 0.25) is 0 Å². The smallest absolute Gasteiger partial charge is 0.410 e. The molecular formula is C19H29NO5S. The molecule has 1 aromatic carbocycles. The van der Waals surface area contributed by atoms with E-state index in [1.54, 1.807) is 29.2 Å². The largest absolute Gasteiger partial charge is 0.444 e. The predicted octanol–water partition coefficient (Wildman–Crippen LogP) is 3.59. The van der Waals surface area contributed by atoms with Crippen LogP contribution in [0.2, 0.25) is 0 Å². The zero-order chi connectivity index (χ0) is 19.5. The number of benzene rings is 1. The van der Waals surface area contributed by atoms with Crippen molar-refractivity contribution in [2.45, 2.75) is 51.5 Å². The number of hydrogen-bond acceptors (Lipinski definition) is 5. The number of rotatable bonds is 4. The standard InChI is InChI=1S/C19H29NO5S/c1-14-6-8-17(9-7-14)26(22,23)24-13-16-12-20(11-10-15(16)2)18(21)25-19(3,4)5/h6-9,15-16H,10-13H2,1-5H3. The summed E-state index contributed by atoms with van der Waals surface area (Å²) in [5, 5.41) is 0. The Kier molecular flexibility index (Phi) is 6.34. The Bertz CT molecular complexity index is 721. The van der Waals surface area contributed by atoms with E-state index in [0.717, 1.165) is 12.0 Å². The summed E-state index contributed by atoms with van der Waals surface area (Å²) in [5.41, 5.74) is 0.429. The van der Waals surface area contributed by atoms with E-state index < -0.39 is 15.7 Å². The third-order valence-corrected chi connectivity index (χ3v) is 5.81. The normalized spacial score (nSPS) is 21.5. The van der Waals surface area contributed by atoms with Crippen LogP contribution in [0.25, 0.3) is 0 Å². The van der Waals surface area contributed by atoms with Crippen molar-refractivity contribution in [3.8, 4) is 0 Å². The Morgan fingerprint density at radius 1 is 1.23 bits per heavy atom. The summed E-state index contributed by atoms with van der Waals surface area (Å²) >= 11 is 0. The average molecular weight is 384 g/mol. The van der Waals surface area contributed by atoms with Gasteiger partial charge >= 0.3 is 6.09 Å². The molecule has 146 valence electrons. The van der Waals surface area contributed by atoms with Crippen LogP contribution in [0.1, 0.15) is 39.7 Å². The van der Waals surface area contributed by atoms with E-state index in [2.05, 4.69) is 6.92 Å². The van der Waals surface area contributed by atoms with Gasteiger partial charge in [0.05, 0.1) is 11.5 Å². The third-order valence-electron chi connectivity index (χ3n) is 4.51. The number of piperidine rings is 1. The molecular weight excluding hydrogens is 354 g/mol. The maximum absolute atomic E-state index is 12.4. The van der Waals surface area contributed by atoms with Crippen molar-refractivity contribution in [2.24, 2.45) is 11.8 Å². The van der Waals surface area contributed by atoms with Crippen LogP contribution >= 0.6 is 0 Å². The van der Waals surface area contributed by atoms with Gasteiger partial charge in [-0.2, -0.15) is 8.42 Å². The zero-order valence-corrected chi connectivity index (χ0v) is 17.0. The summed E-state index contributed by atoms with van der Waals surface area (Å²) in [4.78, 5) is 14.1. The van der Waals surface area contributed by atoms with Crippen LogP contribution in [0.3, 0.4) is 0 Å². The van der Waals surface area contributed by atoms with Crippen molar-refractivity contribution in [1.29, 1.82) is 0 Å². The molecule has 1 aliphatic heterocycles. The molecule has 1 aromatic rings. The highest BCUT2D eigenvalue weighted by Gasteiger charge is 2.32. The number of amides is 1. The lowest BCUT2D eigenvalue weighted by Crippen LogP contribution is -2.46. The van der Waals surface area contributed by atoms with Crippen molar-refractivity contribution in [2.75, 3.05) is 19.7 Å². The number of carbonyl (C=O) groups excluding carboxylic acids is 1. The molecule has 2 atom stereocenters. The van der Waals surface area contributed by atoms with Gasteiger partial charge in [-0.05, 0) is 52.2 Å². The minimum absolute atomic E-state index is 0.0523. The van der Waals surface area contributed by atoms with Gasteiger partial charge in [0, 0.05) is 19.0 Å². The predicted molar refractivity (Wildman–Crippen MR) is 99.4 cm³/mol. The van der Waals surface area contributed by atoms with Gasteiger partial charge in [0.25, 0.3) is 10.1 Å². The molecule has 0 aromatic heterocycles. The molecule has 7 heteroatoms.